The van der Waals surface area contributed by atoms with E-state index < -0.39 is 16.8 Å². The first-order valence-electron chi connectivity index (χ1n) is 11.4. The Morgan fingerprint density at radius 1 is 0.971 bits per heavy atom. The first-order valence-corrected chi connectivity index (χ1v) is 13.1. The van der Waals surface area contributed by atoms with Crippen molar-refractivity contribution < 1.29 is 14.1 Å². The molecule has 0 amide bonds. The number of nitrogens with zero attached hydrogens (tertiary/aromatic N) is 3. The van der Waals surface area contributed by atoms with E-state index in [9.17, 15) is 14.1 Å². The van der Waals surface area contributed by atoms with Crippen LogP contribution in [0.15, 0.2) is 78.0 Å². The number of hydrogen-bond donors (Lipinski definition) is 1. The molecule has 1 unspecified atom stereocenters. The zero-order valence-electron chi connectivity index (χ0n) is 19.4. The molecule has 1 heterocycles. The van der Waals surface area contributed by atoms with Crippen LogP contribution < -0.4 is 0 Å². The molecule has 0 radical (unpaired) electrons. The van der Waals surface area contributed by atoms with E-state index in [1.54, 1.807) is 30.3 Å². The summed E-state index contributed by atoms with van der Waals surface area (Å²) in [6.45, 7) is 2.60. The highest BCUT2D eigenvalue weighted by molar-refractivity contribution is 7.84. The molecule has 6 nitrogen and oxygen atoms in total. The number of rotatable bonds is 10. The first kappa shape index (κ1) is 24.8. The van der Waals surface area contributed by atoms with Gasteiger partial charge < -0.3 is 5.11 Å². The highest BCUT2D eigenvalue weighted by atomic mass is 35.5. The third-order valence-electron chi connectivity index (χ3n) is 5.73. The van der Waals surface area contributed by atoms with Crippen LogP contribution in [0.2, 0.25) is 5.02 Å². The smallest absolute Gasteiger partial charge is 0.336 e. The molecule has 0 saturated carbocycles. The summed E-state index contributed by atoms with van der Waals surface area (Å²) in [6, 6.07) is 22.0. The quantitative estimate of drug-likeness (QED) is 0.285. The molecule has 1 N–H and O–H groups in total. The second-order valence-corrected chi connectivity index (χ2v) is 10.0. The number of aryl methyl sites for hydroxylation is 1. The molecule has 180 valence electrons. The molecule has 1 aromatic heterocycles. The van der Waals surface area contributed by atoms with Crippen LogP contribution in [0.4, 0.5) is 0 Å². The van der Waals surface area contributed by atoms with Crippen molar-refractivity contribution >= 4 is 28.4 Å². The van der Waals surface area contributed by atoms with Crippen LogP contribution in [0.25, 0.3) is 11.1 Å². The Bertz CT molecular complexity index is 1330. The number of unbranched alkanes of at least 4 members (excludes halogenated alkanes) is 1. The first-order chi connectivity index (χ1) is 17.0. The molecule has 0 saturated heterocycles. The van der Waals surface area contributed by atoms with Crippen molar-refractivity contribution in [2.24, 2.45) is 0 Å². The van der Waals surface area contributed by atoms with Crippen LogP contribution in [0.3, 0.4) is 0 Å². The summed E-state index contributed by atoms with van der Waals surface area (Å²) in [4.78, 5) is 11.6. The Labute approximate surface area is 212 Å². The summed E-state index contributed by atoms with van der Waals surface area (Å²) in [6.07, 6.45) is 2.74. The third-order valence-corrected chi connectivity index (χ3v) is 7.28. The minimum atomic E-state index is -1.37. The van der Waals surface area contributed by atoms with Crippen molar-refractivity contribution in [1.82, 2.24) is 14.8 Å². The van der Waals surface area contributed by atoms with Crippen LogP contribution in [-0.2, 0) is 29.5 Å². The monoisotopic (exact) mass is 507 g/mol. The van der Waals surface area contributed by atoms with Crippen molar-refractivity contribution in [2.45, 2.75) is 43.6 Å². The highest BCUT2D eigenvalue weighted by Gasteiger charge is 2.19. The molecule has 0 bridgehead atoms. The molecule has 3 aromatic carbocycles. The Morgan fingerprint density at radius 3 is 2.34 bits per heavy atom. The van der Waals surface area contributed by atoms with Gasteiger partial charge in [-0.2, -0.15) is 0 Å². The summed E-state index contributed by atoms with van der Waals surface area (Å²) in [5.74, 6) is 0.183. The van der Waals surface area contributed by atoms with Gasteiger partial charge in [0.25, 0.3) is 0 Å². The van der Waals surface area contributed by atoms with E-state index in [1.165, 1.54) is 0 Å². The minimum Gasteiger partial charge on any atom is -0.478 e. The molecule has 35 heavy (non-hydrogen) atoms. The Balaban J connectivity index is 1.60. The average molecular weight is 508 g/mol. The molecule has 0 aliphatic heterocycles. The molecular weight excluding hydrogens is 482 g/mol. The van der Waals surface area contributed by atoms with E-state index in [1.807, 2.05) is 47.0 Å². The average Bonchev–Trinajstić information content (AvgIpc) is 3.27. The molecule has 0 aliphatic carbocycles. The van der Waals surface area contributed by atoms with Crippen molar-refractivity contribution in [1.29, 1.82) is 0 Å². The molecule has 8 heteroatoms. The lowest BCUT2D eigenvalue weighted by atomic mass is 9.99. The predicted octanol–water partition coefficient (Wildman–Crippen LogP) is 6.00. The number of aromatic nitrogens is 3. The van der Waals surface area contributed by atoms with Gasteiger partial charge in [-0.05, 0) is 46.9 Å². The Morgan fingerprint density at radius 2 is 1.66 bits per heavy atom. The zero-order valence-corrected chi connectivity index (χ0v) is 20.9. The molecule has 4 rings (SSSR count). The molecular formula is C27H26ClN3O3S. The van der Waals surface area contributed by atoms with Gasteiger partial charge in [0.1, 0.15) is 5.82 Å². The van der Waals surface area contributed by atoms with Crippen molar-refractivity contribution in [3.05, 3.63) is 100 Å². The normalized spacial score (nSPS) is 11.9. The van der Waals surface area contributed by atoms with E-state index in [0.29, 0.717) is 28.0 Å². The SMILES string of the molecule is CCCCc1nnc(S(=O)Cc2ccc(Cl)cc2)n1Cc1ccc(-c2ccccc2C(=O)O)cc1. The van der Waals surface area contributed by atoms with Gasteiger partial charge in [-0.1, -0.05) is 79.5 Å². The number of benzene rings is 3. The van der Waals surface area contributed by atoms with Gasteiger partial charge in [0, 0.05) is 11.4 Å². The largest absolute Gasteiger partial charge is 0.478 e. The van der Waals surface area contributed by atoms with E-state index >= 15 is 0 Å². The Hall–Kier alpha value is -3.29. The van der Waals surface area contributed by atoms with Crippen LogP contribution >= 0.6 is 11.6 Å². The predicted molar refractivity (Wildman–Crippen MR) is 138 cm³/mol. The lowest BCUT2D eigenvalue weighted by Crippen LogP contribution is -2.11. The van der Waals surface area contributed by atoms with E-state index in [-0.39, 0.29) is 5.56 Å². The molecule has 0 spiro atoms. The Kier molecular flexibility index (Phi) is 8.10. The van der Waals surface area contributed by atoms with Crippen LogP contribution in [0.1, 0.15) is 47.1 Å². The second kappa shape index (κ2) is 11.4. The third kappa shape index (κ3) is 6.05. The summed E-state index contributed by atoms with van der Waals surface area (Å²) in [5, 5.41) is 19.2. The number of carbonyl (C=O) groups is 1. The highest BCUT2D eigenvalue weighted by Crippen LogP contribution is 2.25. The number of aromatic carboxylic acids is 1. The summed E-state index contributed by atoms with van der Waals surface area (Å²) in [5.41, 5.74) is 3.67. The van der Waals surface area contributed by atoms with Crippen LogP contribution in [0, 0.1) is 0 Å². The van der Waals surface area contributed by atoms with Gasteiger partial charge in [0.2, 0.25) is 5.16 Å². The molecule has 0 aliphatic rings. The number of carboxylic acids is 1. The molecule has 1 atom stereocenters. The fourth-order valence-corrected chi connectivity index (χ4v) is 5.15. The number of carboxylic acid groups (broad SMARTS) is 1. The zero-order chi connectivity index (χ0) is 24.8. The number of hydrogen-bond acceptors (Lipinski definition) is 4. The number of halogens is 1. The van der Waals surface area contributed by atoms with Crippen LogP contribution in [0.5, 0.6) is 0 Å². The fraction of sp³-hybridized carbons (Fsp3) is 0.222. The molecule has 4 aromatic rings. The van der Waals surface area contributed by atoms with E-state index in [4.69, 9.17) is 11.6 Å². The fourth-order valence-electron chi connectivity index (χ4n) is 3.86. The van der Waals surface area contributed by atoms with E-state index in [2.05, 4.69) is 17.1 Å². The van der Waals surface area contributed by atoms with Gasteiger partial charge in [-0.25, -0.2) is 4.79 Å². The summed E-state index contributed by atoms with van der Waals surface area (Å²) < 4.78 is 15.2. The summed E-state index contributed by atoms with van der Waals surface area (Å²) >= 11 is 5.98. The lowest BCUT2D eigenvalue weighted by molar-refractivity contribution is 0.0697. The summed E-state index contributed by atoms with van der Waals surface area (Å²) in [7, 11) is -1.37. The van der Waals surface area contributed by atoms with Gasteiger partial charge in [-0.3, -0.25) is 8.78 Å². The maximum Gasteiger partial charge on any atom is 0.336 e. The van der Waals surface area contributed by atoms with E-state index in [0.717, 1.165) is 41.8 Å². The second-order valence-electron chi connectivity index (χ2n) is 8.25. The van der Waals surface area contributed by atoms with Crippen molar-refractivity contribution in [3.63, 3.8) is 0 Å². The topological polar surface area (TPSA) is 85.1 Å². The van der Waals surface area contributed by atoms with Gasteiger partial charge in [0.15, 0.2) is 0 Å². The lowest BCUT2D eigenvalue weighted by Gasteiger charge is -2.12. The standard InChI is InChI=1S/C27H26ClN3O3S/c1-2-3-8-25-29-30-27(35(34)18-20-11-15-22(28)16-12-20)31(25)17-19-9-13-21(14-10-19)23-6-4-5-7-24(23)26(32)33/h4-7,9-16H,2-3,8,17-18H2,1H3,(H,32,33). The van der Waals surface area contributed by atoms with Gasteiger partial charge in [-0.15, -0.1) is 10.2 Å². The maximum atomic E-state index is 13.2. The van der Waals surface area contributed by atoms with Gasteiger partial charge in [0.05, 0.1) is 28.7 Å². The van der Waals surface area contributed by atoms with Gasteiger partial charge >= 0.3 is 5.97 Å². The maximum absolute atomic E-state index is 13.2. The molecule has 0 fully saturated rings. The van der Waals surface area contributed by atoms with Crippen molar-refractivity contribution in [2.75, 3.05) is 0 Å². The van der Waals surface area contributed by atoms with Crippen molar-refractivity contribution in [3.8, 4) is 11.1 Å². The van der Waals surface area contributed by atoms with Crippen LogP contribution in [-0.4, -0.2) is 30.0 Å². The minimum absolute atomic E-state index is 0.265.